The number of hydrogen-bond acceptors (Lipinski definition) is 5. The lowest BCUT2D eigenvalue weighted by Crippen LogP contribution is -2.39. The van der Waals surface area contributed by atoms with Crippen molar-refractivity contribution >= 4 is 11.8 Å². The van der Waals surface area contributed by atoms with Gasteiger partial charge in [0.1, 0.15) is 5.82 Å². The Morgan fingerprint density at radius 3 is 2.79 bits per heavy atom. The van der Waals surface area contributed by atoms with Crippen LogP contribution in [0.2, 0.25) is 0 Å². The summed E-state index contributed by atoms with van der Waals surface area (Å²) >= 11 is 0. The SMILES string of the molecule is CCc1nc(C(=O)N(C)CC(=O)NCCOC)n[nH]1. The van der Waals surface area contributed by atoms with E-state index in [4.69, 9.17) is 4.74 Å². The van der Waals surface area contributed by atoms with Crippen LogP contribution in [0.3, 0.4) is 0 Å². The molecule has 0 bridgehead atoms. The van der Waals surface area contributed by atoms with E-state index in [1.54, 1.807) is 7.11 Å². The molecule has 0 aliphatic heterocycles. The van der Waals surface area contributed by atoms with E-state index in [-0.39, 0.29) is 18.3 Å². The van der Waals surface area contributed by atoms with Crippen molar-refractivity contribution in [3.8, 4) is 0 Å². The third-order valence-electron chi connectivity index (χ3n) is 2.41. The molecule has 1 heterocycles. The van der Waals surface area contributed by atoms with Gasteiger partial charge in [0, 0.05) is 27.1 Å². The van der Waals surface area contributed by atoms with Gasteiger partial charge in [-0.1, -0.05) is 6.92 Å². The van der Waals surface area contributed by atoms with E-state index < -0.39 is 5.91 Å². The Labute approximate surface area is 111 Å². The number of likely N-dealkylation sites (N-methyl/N-ethyl adjacent to an activating group) is 1. The summed E-state index contributed by atoms with van der Waals surface area (Å²) in [5.41, 5.74) is 0. The molecule has 0 aliphatic rings. The van der Waals surface area contributed by atoms with Crippen molar-refractivity contribution in [2.75, 3.05) is 33.9 Å². The molecule has 0 fully saturated rings. The quantitative estimate of drug-likeness (QED) is 0.631. The van der Waals surface area contributed by atoms with Crippen molar-refractivity contribution in [2.24, 2.45) is 0 Å². The average molecular weight is 269 g/mol. The summed E-state index contributed by atoms with van der Waals surface area (Å²) in [4.78, 5) is 28.7. The first-order chi connectivity index (χ1) is 9.08. The molecule has 2 amide bonds. The molecule has 0 saturated carbocycles. The van der Waals surface area contributed by atoms with Gasteiger partial charge in [-0.15, -0.1) is 5.10 Å². The van der Waals surface area contributed by atoms with E-state index in [0.29, 0.717) is 25.4 Å². The zero-order valence-electron chi connectivity index (χ0n) is 11.4. The van der Waals surface area contributed by atoms with Gasteiger partial charge in [0.05, 0.1) is 13.2 Å². The number of rotatable bonds is 7. The molecule has 1 aromatic rings. The van der Waals surface area contributed by atoms with Crippen LogP contribution in [0.1, 0.15) is 23.4 Å². The summed E-state index contributed by atoms with van der Waals surface area (Å²) in [5.74, 6) is 0.0716. The molecule has 1 rings (SSSR count). The number of aromatic nitrogens is 3. The van der Waals surface area contributed by atoms with Crippen molar-refractivity contribution in [1.29, 1.82) is 0 Å². The minimum absolute atomic E-state index is 0.0431. The first kappa shape index (κ1) is 15.1. The number of ether oxygens (including phenoxy) is 1. The molecule has 0 atom stereocenters. The van der Waals surface area contributed by atoms with Crippen molar-refractivity contribution in [3.05, 3.63) is 11.6 Å². The summed E-state index contributed by atoms with van der Waals surface area (Å²) in [6.45, 7) is 2.71. The van der Waals surface area contributed by atoms with Crippen LogP contribution in [0.4, 0.5) is 0 Å². The van der Waals surface area contributed by atoms with E-state index >= 15 is 0 Å². The Balaban J connectivity index is 2.46. The Bertz CT molecular complexity index is 432. The number of H-pyrrole nitrogens is 1. The first-order valence-corrected chi connectivity index (χ1v) is 6.00. The Kier molecular flexibility index (Phi) is 5.94. The number of aromatic amines is 1. The van der Waals surface area contributed by atoms with Crippen molar-refractivity contribution in [1.82, 2.24) is 25.4 Å². The second kappa shape index (κ2) is 7.47. The van der Waals surface area contributed by atoms with E-state index in [2.05, 4.69) is 20.5 Å². The molecule has 1 aromatic heterocycles. The molecule has 2 N–H and O–H groups in total. The van der Waals surface area contributed by atoms with Gasteiger partial charge in [0.25, 0.3) is 5.91 Å². The predicted molar refractivity (Wildman–Crippen MR) is 67.6 cm³/mol. The van der Waals surface area contributed by atoms with Crippen LogP contribution in [0.15, 0.2) is 0 Å². The standard InChI is InChI=1S/C11H19N5O3/c1-4-8-13-10(15-14-8)11(18)16(2)7-9(17)12-5-6-19-3/h4-7H2,1-3H3,(H,12,17)(H,13,14,15). The van der Waals surface area contributed by atoms with E-state index in [0.717, 1.165) is 0 Å². The molecule has 8 heteroatoms. The van der Waals surface area contributed by atoms with Crippen molar-refractivity contribution in [2.45, 2.75) is 13.3 Å². The Morgan fingerprint density at radius 2 is 2.21 bits per heavy atom. The highest BCUT2D eigenvalue weighted by Crippen LogP contribution is 1.98. The van der Waals surface area contributed by atoms with E-state index in [1.807, 2.05) is 6.92 Å². The van der Waals surface area contributed by atoms with Gasteiger partial charge in [-0.3, -0.25) is 14.7 Å². The van der Waals surface area contributed by atoms with Gasteiger partial charge in [0.15, 0.2) is 0 Å². The zero-order valence-corrected chi connectivity index (χ0v) is 11.4. The van der Waals surface area contributed by atoms with Crippen LogP contribution in [-0.2, 0) is 16.0 Å². The molecule has 0 aromatic carbocycles. The topological polar surface area (TPSA) is 100 Å². The normalized spacial score (nSPS) is 10.3. The van der Waals surface area contributed by atoms with Crippen LogP contribution in [-0.4, -0.2) is 65.7 Å². The minimum Gasteiger partial charge on any atom is -0.383 e. The van der Waals surface area contributed by atoms with Crippen LogP contribution in [0, 0.1) is 0 Å². The number of hydrogen-bond donors (Lipinski definition) is 2. The summed E-state index contributed by atoms with van der Waals surface area (Å²) in [7, 11) is 3.08. The summed E-state index contributed by atoms with van der Waals surface area (Å²) in [5, 5.41) is 9.10. The Morgan fingerprint density at radius 1 is 1.47 bits per heavy atom. The maximum absolute atomic E-state index is 11.9. The zero-order chi connectivity index (χ0) is 14.3. The molecular formula is C11H19N5O3. The second-order valence-corrected chi connectivity index (χ2v) is 3.96. The smallest absolute Gasteiger partial charge is 0.293 e. The molecule has 0 aliphatic carbocycles. The molecule has 19 heavy (non-hydrogen) atoms. The third kappa shape index (κ3) is 4.66. The van der Waals surface area contributed by atoms with Gasteiger partial charge >= 0.3 is 0 Å². The summed E-state index contributed by atoms with van der Waals surface area (Å²) in [6, 6.07) is 0. The average Bonchev–Trinajstić information content (AvgIpc) is 2.86. The predicted octanol–water partition coefficient (Wildman–Crippen LogP) is -0.798. The molecule has 0 spiro atoms. The van der Waals surface area contributed by atoms with E-state index in [1.165, 1.54) is 11.9 Å². The lowest BCUT2D eigenvalue weighted by Gasteiger charge is -2.14. The fraction of sp³-hybridized carbons (Fsp3) is 0.636. The van der Waals surface area contributed by atoms with Crippen LogP contribution in [0.5, 0.6) is 0 Å². The van der Waals surface area contributed by atoms with Gasteiger partial charge in [-0.25, -0.2) is 4.98 Å². The number of aryl methyl sites for hydroxylation is 1. The first-order valence-electron chi connectivity index (χ1n) is 6.00. The highest BCUT2D eigenvalue weighted by atomic mass is 16.5. The van der Waals surface area contributed by atoms with Crippen molar-refractivity contribution < 1.29 is 14.3 Å². The summed E-state index contributed by atoms with van der Waals surface area (Å²) in [6.07, 6.45) is 0.668. The second-order valence-electron chi connectivity index (χ2n) is 3.96. The molecule has 0 radical (unpaired) electrons. The van der Waals surface area contributed by atoms with E-state index in [9.17, 15) is 9.59 Å². The highest BCUT2D eigenvalue weighted by molar-refractivity contribution is 5.93. The third-order valence-corrected chi connectivity index (χ3v) is 2.41. The number of nitrogens with one attached hydrogen (secondary N) is 2. The lowest BCUT2D eigenvalue weighted by molar-refractivity contribution is -0.121. The van der Waals surface area contributed by atoms with Gasteiger partial charge in [-0.05, 0) is 0 Å². The molecule has 0 saturated heterocycles. The van der Waals surface area contributed by atoms with Crippen molar-refractivity contribution in [3.63, 3.8) is 0 Å². The highest BCUT2D eigenvalue weighted by Gasteiger charge is 2.18. The maximum atomic E-state index is 11.9. The van der Waals surface area contributed by atoms with Gasteiger partial charge in [0.2, 0.25) is 11.7 Å². The minimum atomic E-state index is -0.391. The maximum Gasteiger partial charge on any atom is 0.293 e. The van der Waals surface area contributed by atoms with Gasteiger partial charge < -0.3 is 15.0 Å². The number of carbonyl (C=O) groups excluding carboxylic acids is 2. The number of amides is 2. The monoisotopic (exact) mass is 269 g/mol. The molecular weight excluding hydrogens is 250 g/mol. The number of carbonyl (C=O) groups is 2. The van der Waals surface area contributed by atoms with Gasteiger partial charge in [-0.2, -0.15) is 0 Å². The van der Waals surface area contributed by atoms with Crippen LogP contribution in [0.25, 0.3) is 0 Å². The number of methoxy groups -OCH3 is 1. The van der Waals surface area contributed by atoms with Crippen LogP contribution < -0.4 is 5.32 Å². The summed E-state index contributed by atoms with van der Waals surface area (Å²) < 4.78 is 4.81. The molecule has 8 nitrogen and oxygen atoms in total. The van der Waals surface area contributed by atoms with Crippen LogP contribution >= 0.6 is 0 Å². The molecule has 0 unspecified atom stereocenters. The number of nitrogens with zero attached hydrogens (tertiary/aromatic N) is 3. The Hall–Kier alpha value is -1.96. The largest absolute Gasteiger partial charge is 0.383 e. The molecule has 106 valence electrons. The fourth-order valence-electron chi connectivity index (χ4n) is 1.36. The lowest BCUT2D eigenvalue weighted by atomic mass is 10.4. The fourth-order valence-corrected chi connectivity index (χ4v) is 1.36.